The maximum atomic E-state index is 12.4. The van der Waals surface area contributed by atoms with Gasteiger partial charge in [0.2, 0.25) is 0 Å². The average molecular weight is 361 g/mol. The van der Waals surface area contributed by atoms with Crippen LogP contribution in [0.15, 0.2) is 60.8 Å². The van der Waals surface area contributed by atoms with Gasteiger partial charge in [0, 0.05) is 18.3 Å². The van der Waals surface area contributed by atoms with Crippen molar-refractivity contribution in [3.05, 3.63) is 88.7 Å². The predicted octanol–water partition coefficient (Wildman–Crippen LogP) is 3.28. The Morgan fingerprint density at radius 3 is 2.89 bits per heavy atom. The van der Waals surface area contributed by atoms with Gasteiger partial charge in [0.1, 0.15) is 6.10 Å². The van der Waals surface area contributed by atoms with E-state index >= 15 is 0 Å². The fraction of sp³-hybridized carbons (Fsp3) is 0.273. The Hall–Kier alpha value is -2.92. The number of carbonyl (C=O) groups is 1. The zero-order valence-corrected chi connectivity index (χ0v) is 15.4. The average Bonchev–Trinajstić information content (AvgIpc) is 3.10. The molecule has 1 amide bonds. The van der Waals surface area contributed by atoms with Crippen molar-refractivity contribution in [3.63, 3.8) is 0 Å². The number of rotatable bonds is 5. The maximum Gasteiger partial charge on any atom is 0.251 e. The van der Waals surface area contributed by atoms with Crippen LogP contribution in [0.1, 0.15) is 38.8 Å². The summed E-state index contributed by atoms with van der Waals surface area (Å²) in [5.74, 6) is -0.0851. The summed E-state index contributed by atoms with van der Waals surface area (Å²) >= 11 is 0. The molecule has 2 heterocycles. The first-order valence-corrected chi connectivity index (χ1v) is 9.25. The van der Waals surface area contributed by atoms with Gasteiger partial charge in [0.05, 0.1) is 18.8 Å². The molecular weight excluding hydrogens is 338 g/mol. The van der Waals surface area contributed by atoms with E-state index in [2.05, 4.69) is 23.6 Å². The third-order valence-electron chi connectivity index (χ3n) is 4.78. The molecule has 0 saturated heterocycles. The van der Waals surface area contributed by atoms with Gasteiger partial charge in [-0.1, -0.05) is 48.0 Å². The minimum Gasteiger partial charge on any atom is -0.370 e. The van der Waals surface area contributed by atoms with Crippen molar-refractivity contribution in [2.45, 2.75) is 26.0 Å². The van der Waals surface area contributed by atoms with Crippen LogP contribution >= 0.6 is 0 Å². The van der Waals surface area contributed by atoms with Crippen LogP contribution < -0.4 is 5.32 Å². The van der Waals surface area contributed by atoms with Crippen LogP contribution in [0, 0.1) is 6.92 Å². The predicted molar refractivity (Wildman–Crippen MR) is 104 cm³/mol. The zero-order valence-electron chi connectivity index (χ0n) is 15.4. The van der Waals surface area contributed by atoms with E-state index in [4.69, 9.17) is 9.84 Å². The highest BCUT2D eigenvalue weighted by atomic mass is 16.5. The maximum absolute atomic E-state index is 12.4. The van der Waals surface area contributed by atoms with E-state index in [0.29, 0.717) is 18.7 Å². The minimum atomic E-state index is -0.209. The molecule has 27 heavy (non-hydrogen) atoms. The largest absolute Gasteiger partial charge is 0.370 e. The number of nitrogens with one attached hydrogen (secondary N) is 1. The second-order valence-electron chi connectivity index (χ2n) is 6.91. The van der Waals surface area contributed by atoms with Gasteiger partial charge in [-0.05, 0) is 36.6 Å². The Balaban J connectivity index is 1.44. The topological polar surface area (TPSA) is 56.1 Å². The first kappa shape index (κ1) is 17.5. The SMILES string of the molecule is Cc1cccc(C(=O)NC[C@H]2OCCc3cn(Cc4ccccc4)nc32)c1. The number of ether oxygens (including phenoxy) is 1. The van der Waals surface area contributed by atoms with E-state index in [0.717, 1.165) is 24.2 Å². The van der Waals surface area contributed by atoms with Crippen molar-refractivity contribution < 1.29 is 9.53 Å². The number of aromatic nitrogens is 2. The van der Waals surface area contributed by atoms with E-state index in [-0.39, 0.29) is 12.0 Å². The van der Waals surface area contributed by atoms with Gasteiger partial charge < -0.3 is 10.1 Å². The molecule has 3 aromatic rings. The van der Waals surface area contributed by atoms with Crippen LogP contribution in [0.4, 0.5) is 0 Å². The normalized spacial score (nSPS) is 16.0. The number of carbonyl (C=O) groups excluding carboxylic acids is 1. The summed E-state index contributed by atoms with van der Waals surface area (Å²) in [5, 5.41) is 7.72. The van der Waals surface area contributed by atoms with E-state index in [1.807, 2.05) is 54.1 Å². The lowest BCUT2D eigenvalue weighted by molar-refractivity contribution is 0.0383. The van der Waals surface area contributed by atoms with Crippen LogP contribution in [0.25, 0.3) is 0 Å². The Labute approximate surface area is 159 Å². The molecule has 0 bridgehead atoms. The first-order chi connectivity index (χ1) is 13.2. The molecule has 1 aliphatic heterocycles. The lowest BCUT2D eigenvalue weighted by atomic mass is 10.1. The highest BCUT2D eigenvalue weighted by Gasteiger charge is 2.25. The van der Waals surface area contributed by atoms with E-state index in [1.165, 1.54) is 11.1 Å². The monoisotopic (exact) mass is 361 g/mol. The van der Waals surface area contributed by atoms with Crippen LogP contribution in [-0.4, -0.2) is 28.8 Å². The summed E-state index contributed by atoms with van der Waals surface area (Å²) in [6, 6.07) is 17.8. The third kappa shape index (κ3) is 4.09. The molecule has 5 heteroatoms. The van der Waals surface area contributed by atoms with Crippen LogP contribution in [-0.2, 0) is 17.7 Å². The number of hydrogen-bond acceptors (Lipinski definition) is 3. The molecule has 138 valence electrons. The van der Waals surface area contributed by atoms with Gasteiger partial charge in [-0.25, -0.2) is 0 Å². The van der Waals surface area contributed by atoms with E-state index in [1.54, 1.807) is 0 Å². The molecule has 1 aromatic heterocycles. The number of nitrogens with zero attached hydrogens (tertiary/aromatic N) is 2. The minimum absolute atomic E-state index is 0.0851. The van der Waals surface area contributed by atoms with Crippen molar-refractivity contribution in [2.24, 2.45) is 0 Å². The number of fused-ring (bicyclic) bond motifs is 1. The van der Waals surface area contributed by atoms with Crippen molar-refractivity contribution in [2.75, 3.05) is 13.2 Å². The molecule has 0 aliphatic carbocycles. The quantitative estimate of drug-likeness (QED) is 0.759. The smallest absolute Gasteiger partial charge is 0.251 e. The molecule has 1 N–H and O–H groups in total. The van der Waals surface area contributed by atoms with Gasteiger partial charge in [-0.3, -0.25) is 9.48 Å². The third-order valence-corrected chi connectivity index (χ3v) is 4.78. The Bertz CT molecular complexity index is 934. The van der Waals surface area contributed by atoms with Crippen LogP contribution in [0.5, 0.6) is 0 Å². The standard InChI is InChI=1S/C22H23N3O2/c1-16-6-5-9-18(12-16)22(26)23-13-20-21-19(10-11-27-20)15-25(24-21)14-17-7-3-2-4-8-17/h2-9,12,15,20H,10-11,13-14H2,1H3,(H,23,26)/t20-/m1/s1. The van der Waals surface area contributed by atoms with E-state index in [9.17, 15) is 4.79 Å². The molecule has 0 saturated carbocycles. The molecule has 1 atom stereocenters. The van der Waals surface area contributed by atoms with E-state index < -0.39 is 0 Å². The second kappa shape index (κ2) is 7.76. The van der Waals surface area contributed by atoms with Crippen LogP contribution in [0.2, 0.25) is 0 Å². The molecule has 5 nitrogen and oxygen atoms in total. The Morgan fingerprint density at radius 2 is 2.07 bits per heavy atom. The number of hydrogen-bond donors (Lipinski definition) is 1. The van der Waals surface area contributed by atoms with Crippen molar-refractivity contribution in [1.29, 1.82) is 0 Å². The van der Waals surface area contributed by atoms with Gasteiger partial charge in [-0.15, -0.1) is 0 Å². The fourth-order valence-corrected chi connectivity index (χ4v) is 3.41. The fourth-order valence-electron chi connectivity index (χ4n) is 3.41. The van der Waals surface area contributed by atoms with Gasteiger partial charge in [0.15, 0.2) is 0 Å². The van der Waals surface area contributed by atoms with Gasteiger partial charge >= 0.3 is 0 Å². The summed E-state index contributed by atoms with van der Waals surface area (Å²) in [7, 11) is 0. The molecule has 4 rings (SSSR count). The first-order valence-electron chi connectivity index (χ1n) is 9.25. The summed E-state index contributed by atoms with van der Waals surface area (Å²) in [6.45, 7) is 3.78. The summed E-state index contributed by atoms with van der Waals surface area (Å²) in [4.78, 5) is 12.4. The molecule has 0 unspecified atom stereocenters. The molecule has 0 radical (unpaired) electrons. The Morgan fingerprint density at radius 1 is 1.22 bits per heavy atom. The summed E-state index contributed by atoms with van der Waals surface area (Å²) in [5.41, 5.74) is 5.08. The highest BCUT2D eigenvalue weighted by molar-refractivity contribution is 5.94. The van der Waals surface area contributed by atoms with Crippen molar-refractivity contribution >= 4 is 5.91 Å². The summed E-state index contributed by atoms with van der Waals surface area (Å²) < 4.78 is 7.85. The summed E-state index contributed by atoms with van der Waals surface area (Å²) in [6.07, 6.45) is 2.74. The molecule has 1 aliphatic rings. The molecular formula is C22H23N3O2. The zero-order chi connectivity index (χ0) is 18.6. The molecule has 0 fully saturated rings. The highest BCUT2D eigenvalue weighted by Crippen LogP contribution is 2.25. The molecule has 0 spiro atoms. The number of benzene rings is 2. The van der Waals surface area contributed by atoms with Gasteiger partial charge in [0.25, 0.3) is 5.91 Å². The Kier molecular flexibility index (Phi) is 5.03. The molecule has 2 aromatic carbocycles. The van der Waals surface area contributed by atoms with Crippen molar-refractivity contribution in [1.82, 2.24) is 15.1 Å². The van der Waals surface area contributed by atoms with Crippen LogP contribution in [0.3, 0.4) is 0 Å². The lowest BCUT2D eigenvalue weighted by Gasteiger charge is -2.22. The number of aryl methyl sites for hydroxylation is 1. The second-order valence-corrected chi connectivity index (χ2v) is 6.91. The van der Waals surface area contributed by atoms with Crippen molar-refractivity contribution in [3.8, 4) is 0 Å². The number of amides is 1. The lowest BCUT2D eigenvalue weighted by Crippen LogP contribution is -2.32. The van der Waals surface area contributed by atoms with Gasteiger partial charge in [-0.2, -0.15) is 5.10 Å².